The highest BCUT2D eigenvalue weighted by atomic mass is 32.1. The lowest BCUT2D eigenvalue weighted by Gasteiger charge is -2.05. The van der Waals surface area contributed by atoms with E-state index in [0.717, 1.165) is 17.7 Å². The van der Waals surface area contributed by atoms with Crippen LogP contribution in [-0.4, -0.2) is 16.0 Å². The smallest absolute Gasteiger partial charge is 0.262 e. The minimum absolute atomic E-state index is 0.0707. The number of para-hydroxylation sites is 1. The number of fused-ring (bicyclic) bond motifs is 1. The number of benzene rings is 3. The Bertz CT molecular complexity index is 1540. The molecule has 34 heavy (non-hydrogen) atoms. The number of aromatic nitrogens is 1. The van der Waals surface area contributed by atoms with Gasteiger partial charge in [-0.1, -0.05) is 49.4 Å². The van der Waals surface area contributed by atoms with Crippen LogP contribution in [0.3, 0.4) is 0 Å². The predicted octanol–water partition coefficient (Wildman–Crippen LogP) is 6.31. The van der Waals surface area contributed by atoms with Crippen molar-refractivity contribution in [2.45, 2.75) is 13.3 Å². The number of amides is 1. The van der Waals surface area contributed by atoms with Gasteiger partial charge in [-0.2, -0.15) is 0 Å². The summed E-state index contributed by atoms with van der Waals surface area (Å²) in [6, 6.07) is 23.9. The standard InChI is InChI=1S/C27H21N3O3S/c1-2-17-8-10-18(11-9-17)23-16-34-27(29-23)30-25(32)22-14-19-12-13-21(31)15-24(19)33-26(22)28-20-6-4-3-5-7-20/h3-16,31H,2H2,1H3,(H,29,30,32). The average molecular weight is 468 g/mol. The molecule has 0 saturated heterocycles. The number of hydrogen-bond acceptors (Lipinski definition) is 6. The Balaban J connectivity index is 1.50. The second-order valence-corrected chi connectivity index (χ2v) is 8.54. The molecular weight excluding hydrogens is 446 g/mol. The molecule has 0 atom stereocenters. The highest BCUT2D eigenvalue weighted by Gasteiger charge is 2.15. The molecule has 7 heteroatoms. The van der Waals surface area contributed by atoms with Crippen molar-refractivity contribution in [3.05, 3.63) is 101 Å². The molecule has 2 heterocycles. The van der Waals surface area contributed by atoms with E-state index >= 15 is 0 Å². The van der Waals surface area contributed by atoms with Gasteiger partial charge in [0.2, 0.25) is 5.55 Å². The zero-order valence-corrected chi connectivity index (χ0v) is 19.2. The molecule has 0 fully saturated rings. The van der Waals surface area contributed by atoms with E-state index in [4.69, 9.17) is 4.42 Å². The molecule has 5 aromatic rings. The molecule has 168 valence electrons. The molecule has 5 rings (SSSR count). The van der Waals surface area contributed by atoms with Crippen LogP contribution in [0.25, 0.3) is 22.2 Å². The number of aromatic hydroxyl groups is 1. The van der Waals surface area contributed by atoms with Crippen LogP contribution in [0.1, 0.15) is 22.8 Å². The summed E-state index contributed by atoms with van der Waals surface area (Å²) in [5.74, 6) is -0.308. The summed E-state index contributed by atoms with van der Waals surface area (Å²) in [5, 5.41) is 15.8. The molecule has 0 unspecified atom stereocenters. The van der Waals surface area contributed by atoms with E-state index in [-0.39, 0.29) is 22.8 Å². The van der Waals surface area contributed by atoms with Crippen LogP contribution in [-0.2, 0) is 6.42 Å². The van der Waals surface area contributed by atoms with E-state index in [1.54, 1.807) is 18.2 Å². The minimum atomic E-state index is -0.379. The number of carbonyl (C=O) groups excluding carboxylic acids is 1. The number of aryl methyl sites for hydroxylation is 1. The van der Waals surface area contributed by atoms with Crippen LogP contribution in [0.5, 0.6) is 5.75 Å². The Hall–Kier alpha value is -4.23. The first-order valence-corrected chi connectivity index (χ1v) is 11.7. The Labute approximate surface area is 199 Å². The quantitative estimate of drug-likeness (QED) is 0.317. The van der Waals surface area contributed by atoms with Crippen LogP contribution >= 0.6 is 11.3 Å². The average Bonchev–Trinajstić information content (AvgIpc) is 3.32. The van der Waals surface area contributed by atoms with Gasteiger partial charge >= 0.3 is 0 Å². The summed E-state index contributed by atoms with van der Waals surface area (Å²) in [5.41, 5.74) is 4.55. The third kappa shape index (κ3) is 4.60. The van der Waals surface area contributed by atoms with Gasteiger partial charge in [-0.05, 0) is 42.3 Å². The zero-order chi connectivity index (χ0) is 23.5. The summed E-state index contributed by atoms with van der Waals surface area (Å²) in [4.78, 5) is 22.4. The second-order valence-electron chi connectivity index (χ2n) is 7.68. The fourth-order valence-corrected chi connectivity index (χ4v) is 4.23. The fourth-order valence-electron chi connectivity index (χ4n) is 3.51. The second kappa shape index (κ2) is 9.33. The van der Waals surface area contributed by atoms with Gasteiger partial charge in [-0.15, -0.1) is 11.3 Å². The molecule has 0 aliphatic heterocycles. The van der Waals surface area contributed by atoms with E-state index in [0.29, 0.717) is 21.8 Å². The number of nitrogens with one attached hydrogen (secondary N) is 1. The topological polar surface area (TPSA) is 87.7 Å². The van der Waals surface area contributed by atoms with Crippen LogP contribution in [0.2, 0.25) is 0 Å². The first kappa shape index (κ1) is 21.6. The van der Waals surface area contributed by atoms with Gasteiger partial charge in [-0.25, -0.2) is 9.98 Å². The lowest BCUT2D eigenvalue weighted by molar-refractivity contribution is 0.102. The molecule has 0 bridgehead atoms. The van der Waals surface area contributed by atoms with Crippen LogP contribution in [0.15, 0.2) is 93.7 Å². The van der Waals surface area contributed by atoms with Gasteiger partial charge in [0.15, 0.2) is 5.13 Å². The van der Waals surface area contributed by atoms with Gasteiger partial charge in [0.25, 0.3) is 5.91 Å². The number of anilines is 1. The number of hydrogen-bond donors (Lipinski definition) is 2. The van der Waals surface area contributed by atoms with Crippen molar-refractivity contribution in [1.82, 2.24) is 4.98 Å². The van der Waals surface area contributed by atoms with Gasteiger partial charge in [0.05, 0.1) is 11.4 Å². The van der Waals surface area contributed by atoms with Gasteiger partial charge in [0, 0.05) is 22.4 Å². The van der Waals surface area contributed by atoms with Gasteiger partial charge in [0.1, 0.15) is 16.9 Å². The zero-order valence-electron chi connectivity index (χ0n) is 18.4. The SMILES string of the molecule is CCc1ccc(-c2csc(NC(=O)c3cc4ccc(O)cc4oc3=Nc3ccccc3)n2)cc1. The lowest BCUT2D eigenvalue weighted by Crippen LogP contribution is -2.21. The maximum atomic E-state index is 13.3. The van der Waals surface area contributed by atoms with E-state index < -0.39 is 0 Å². The number of carbonyl (C=O) groups is 1. The molecule has 0 spiro atoms. The maximum absolute atomic E-state index is 13.3. The third-order valence-corrected chi connectivity index (χ3v) is 6.11. The van der Waals surface area contributed by atoms with Gasteiger partial charge in [-0.3, -0.25) is 10.1 Å². The number of rotatable bonds is 5. The molecule has 2 aromatic heterocycles. The summed E-state index contributed by atoms with van der Waals surface area (Å²) >= 11 is 1.36. The summed E-state index contributed by atoms with van der Waals surface area (Å²) in [7, 11) is 0. The van der Waals surface area contributed by atoms with Crippen molar-refractivity contribution in [2.75, 3.05) is 5.32 Å². The minimum Gasteiger partial charge on any atom is -0.508 e. The van der Waals surface area contributed by atoms with Gasteiger partial charge < -0.3 is 9.52 Å². The maximum Gasteiger partial charge on any atom is 0.262 e. The van der Waals surface area contributed by atoms with Crippen LogP contribution < -0.4 is 10.9 Å². The lowest BCUT2D eigenvalue weighted by atomic mass is 10.1. The molecule has 3 aromatic carbocycles. The molecule has 0 radical (unpaired) electrons. The highest BCUT2D eigenvalue weighted by molar-refractivity contribution is 7.14. The van der Waals surface area contributed by atoms with Crippen molar-refractivity contribution in [2.24, 2.45) is 4.99 Å². The number of thiazole rings is 1. The van der Waals surface area contributed by atoms with Crippen molar-refractivity contribution in [1.29, 1.82) is 0 Å². The normalized spacial score (nSPS) is 11.6. The van der Waals surface area contributed by atoms with Crippen molar-refractivity contribution in [3.63, 3.8) is 0 Å². The Morgan fingerprint density at radius 3 is 2.62 bits per heavy atom. The molecule has 2 N–H and O–H groups in total. The highest BCUT2D eigenvalue weighted by Crippen LogP contribution is 2.26. The summed E-state index contributed by atoms with van der Waals surface area (Å²) < 4.78 is 5.93. The van der Waals surface area contributed by atoms with Crippen LogP contribution in [0, 0.1) is 0 Å². The molecule has 0 saturated carbocycles. The van der Waals surface area contributed by atoms with E-state index in [2.05, 4.69) is 34.3 Å². The molecule has 1 amide bonds. The Morgan fingerprint density at radius 1 is 1.06 bits per heavy atom. The third-order valence-electron chi connectivity index (χ3n) is 5.35. The number of nitrogens with zero attached hydrogens (tertiary/aromatic N) is 2. The first-order valence-electron chi connectivity index (χ1n) is 10.8. The van der Waals surface area contributed by atoms with Crippen molar-refractivity contribution < 1.29 is 14.3 Å². The van der Waals surface area contributed by atoms with E-state index in [1.807, 2.05) is 47.8 Å². The Morgan fingerprint density at radius 2 is 1.85 bits per heavy atom. The molecule has 6 nitrogen and oxygen atoms in total. The Kier molecular flexibility index (Phi) is 5.93. The molecular formula is C27H21N3O3S. The summed E-state index contributed by atoms with van der Waals surface area (Å²) in [6.07, 6.45) is 0.978. The number of phenols is 1. The summed E-state index contributed by atoms with van der Waals surface area (Å²) in [6.45, 7) is 2.12. The largest absolute Gasteiger partial charge is 0.508 e. The fraction of sp³-hybridized carbons (Fsp3) is 0.0741. The molecule has 0 aliphatic rings. The monoisotopic (exact) mass is 467 g/mol. The van der Waals surface area contributed by atoms with Crippen LogP contribution in [0.4, 0.5) is 10.8 Å². The molecule has 0 aliphatic carbocycles. The van der Waals surface area contributed by atoms with E-state index in [1.165, 1.54) is 23.0 Å². The van der Waals surface area contributed by atoms with Crippen molar-refractivity contribution in [3.8, 4) is 17.0 Å². The van der Waals surface area contributed by atoms with E-state index in [9.17, 15) is 9.90 Å². The van der Waals surface area contributed by atoms with Crippen molar-refractivity contribution >= 4 is 39.0 Å². The predicted molar refractivity (Wildman–Crippen MR) is 134 cm³/mol. The number of phenolic OH excluding ortho intramolecular Hbond substituents is 1. The first-order chi connectivity index (χ1) is 16.6.